The lowest BCUT2D eigenvalue weighted by Crippen LogP contribution is -2.48. The van der Waals surface area contributed by atoms with Gasteiger partial charge in [-0.25, -0.2) is 9.18 Å². The molecule has 0 aliphatic heterocycles. The first-order chi connectivity index (χ1) is 9.42. The Morgan fingerprint density at radius 3 is 2.30 bits per heavy atom. The molecule has 1 rings (SSSR count). The third-order valence-electron chi connectivity index (χ3n) is 3.14. The quantitative estimate of drug-likeness (QED) is 0.748. The summed E-state index contributed by atoms with van der Waals surface area (Å²) in [7, 11) is 0. The van der Waals surface area contributed by atoms with Gasteiger partial charge in [-0.3, -0.25) is 0 Å². The van der Waals surface area contributed by atoms with Crippen LogP contribution in [0.1, 0.15) is 26.3 Å². The van der Waals surface area contributed by atoms with E-state index in [0.717, 1.165) is 5.56 Å². The van der Waals surface area contributed by atoms with Gasteiger partial charge >= 0.3 is 6.03 Å². The number of amides is 2. The van der Waals surface area contributed by atoms with Crippen LogP contribution in [0.3, 0.4) is 0 Å². The molecule has 0 bridgehead atoms. The minimum Gasteiger partial charge on any atom is -0.394 e. The smallest absolute Gasteiger partial charge is 0.315 e. The summed E-state index contributed by atoms with van der Waals surface area (Å²) >= 11 is 0. The lowest BCUT2D eigenvalue weighted by Gasteiger charge is -2.23. The molecule has 0 heterocycles. The van der Waals surface area contributed by atoms with Gasteiger partial charge in [0.05, 0.1) is 12.6 Å². The topological polar surface area (TPSA) is 61.4 Å². The van der Waals surface area contributed by atoms with Crippen molar-refractivity contribution < 1.29 is 14.3 Å². The van der Waals surface area contributed by atoms with E-state index in [1.165, 1.54) is 12.1 Å². The molecule has 112 valence electrons. The Hall–Kier alpha value is -1.62. The first kappa shape index (κ1) is 16.4. The van der Waals surface area contributed by atoms with Gasteiger partial charge in [0.1, 0.15) is 5.82 Å². The maximum Gasteiger partial charge on any atom is 0.315 e. The summed E-state index contributed by atoms with van der Waals surface area (Å²) in [6.07, 6.45) is 0.638. The van der Waals surface area contributed by atoms with Crippen molar-refractivity contribution in [3.05, 3.63) is 35.6 Å². The van der Waals surface area contributed by atoms with E-state index in [-0.39, 0.29) is 36.5 Å². The Kier molecular flexibility index (Phi) is 6.45. The number of hydrogen-bond donors (Lipinski definition) is 3. The number of aliphatic hydroxyl groups excluding tert-OH is 1. The van der Waals surface area contributed by atoms with Gasteiger partial charge in [-0.05, 0) is 37.0 Å². The van der Waals surface area contributed by atoms with Gasteiger partial charge < -0.3 is 15.7 Å². The Labute approximate surface area is 119 Å². The van der Waals surface area contributed by atoms with E-state index < -0.39 is 0 Å². The highest BCUT2D eigenvalue weighted by atomic mass is 19.1. The molecular weight excluding hydrogens is 259 g/mol. The molecule has 0 saturated heterocycles. The molecule has 0 aliphatic rings. The molecule has 20 heavy (non-hydrogen) atoms. The first-order valence-corrected chi connectivity index (χ1v) is 6.84. The Morgan fingerprint density at radius 1 is 1.20 bits per heavy atom. The molecule has 2 amide bonds. The highest BCUT2D eigenvalue weighted by molar-refractivity contribution is 5.74. The largest absolute Gasteiger partial charge is 0.394 e. The average Bonchev–Trinajstić information content (AvgIpc) is 2.40. The number of aliphatic hydroxyl groups is 1. The molecule has 4 nitrogen and oxygen atoms in total. The molecule has 5 heteroatoms. The van der Waals surface area contributed by atoms with E-state index in [9.17, 15) is 9.18 Å². The highest BCUT2D eigenvalue weighted by Crippen LogP contribution is 2.11. The van der Waals surface area contributed by atoms with Crippen LogP contribution in [0.4, 0.5) is 9.18 Å². The molecule has 0 aromatic heterocycles. The number of carbonyl (C=O) groups excluding carboxylic acids is 1. The van der Waals surface area contributed by atoms with E-state index in [2.05, 4.69) is 10.6 Å². The SMILES string of the molecule is CC(C)[C@@H](Cc1ccc(F)cc1)NC(=O)N[C@H](C)CO. The average molecular weight is 282 g/mol. The van der Waals surface area contributed by atoms with E-state index in [0.29, 0.717) is 6.42 Å². The van der Waals surface area contributed by atoms with Gasteiger partial charge in [0.15, 0.2) is 0 Å². The van der Waals surface area contributed by atoms with Crippen LogP contribution in [0.25, 0.3) is 0 Å². The third-order valence-corrected chi connectivity index (χ3v) is 3.14. The van der Waals surface area contributed by atoms with Crippen molar-refractivity contribution in [1.82, 2.24) is 10.6 Å². The molecule has 1 aromatic rings. The predicted molar refractivity (Wildman–Crippen MR) is 76.9 cm³/mol. The molecule has 0 spiro atoms. The molecule has 1 aromatic carbocycles. The van der Waals surface area contributed by atoms with Crippen LogP contribution < -0.4 is 10.6 Å². The number of rotatable bonds is 6. The van der Waals surface area contributed by atoms with Gasteiger partial charge in [-0.1, -0.05) is 26.0 Å². The van der Waals surface area contributed by atoms with Crippen LogP contribution in [0, 0.1) is 11.7 Å². The molecule has 0 saturated carbocycles. The molecule has 2 atom stereocenters. The molecule has 3 N–H and O–H groups in total. The number of benzene rings is 1. The second-order valence-electron chi connectivity index (χ2n) is 5.38. The molecule has 0 radical (unpaired) electrons. The summed E-state index contributed by atoms with van der Waals surface area (Å²) in [6, 6.07) is 5.65. The zero-order chi connectivity index (χ0) is 15.1. The van der Waals surface area contributed by atoms with Crippen LogP contribution in [0.15, 0.2) is 24.3 Å². The molecule has 0 aliphatic carbocycles. The van der Waals surface area contributed by atoms with Crippen LogP contribution >= 0.6 is 0 Å². The Morgan fingerprint density at radius 2 is 1.80 bits per heavy atom. The maximum absolute atomic E-state index is 12.9. The number of nitrogens with one attached hydrogen (secondary N) is 2. The van der Waals surface area contributed by atoms with Crippen molar-refractivity contribution in [2.75, 3.05) is 6.61 Å². The van der Waals surface area contributed by atoms with Crippen molar-refractivity contribution >= 4 is 6.03 Å². The number of carbonyl (C=O) groups is 1. The third kappa shape index (κ3) is 5.57. The number of halogens is 1. The van der Waals surface area contributed by atoms with Crippen molar-refractivity contribution in [3.63, 3.8) is 0 Å². The standard InChI is InChI=1S/C15H23FN2O2/c1-10(2)14(18-15(20)17-11(3)9-19)8-12-4-6-13(16)7-5-12/h4-7,10-11,14,19H,8-9H2,1-3H3,(H2,17,18,20)/t11-,14-/m1/s1. The predicted octanol–water partition coefficient (Wildman–Crippen LogP) is 2.07. The summed E-state index contributed by atoms with van der Waals surface area (Å²) in [5.41, 5.74) is 0.973. The van der Waals surface area contributed by atoms with Crippen LogP contribution in [-0.2, 0) is 6.42 Å². The fourth-order valence-corrected chi connectivity index (χ4v) is 1.81. The summed E-state index contributed by atoms with van der Waals surface area (Å²) < 4.78 is 12.9. The molecular formula is C15H23FN2O2. The van der Waals surface area contributed by atoms with Crippen LogP contribution in [0.5, 0.6) is 0 Å². The maximum atomic E-state index is 12.9. The minimum atomic E-state index is -0.299. The van der Waals surface area contributed by atoms with Crippen molar-refractivity contribution in [1.29, 1.82) is 0 Å². The Balaban J connectivity index is 2.60. The fourth-order valence-electron chi connectivity index (χ4n) is 1.81. The van der Waals surface area contributed by atoms with E-state index in [1.54, 1.807) is 19.1 Å². The van der Waals surface area contributed by atoms with Crippen LogP contribution in [-0.4, -0.2) is 29.8 Å². The lowest BCUT2D eigenvalue weighted by atomic mass is 9.96. The van der Waals surface area contributed by atoms with E-state index in [4.69, 9.17) is 5.11 Å². The lowest BCUT2D eigenvalue weighted by molar-refractivity contribution is 0.214. The van der Waals surface area contributed by atoms with Gasteiger partial charge in [0.2, 0.25) is 0 Å². The molecule has 0 fully saturated rings. The zero-order valence-corrected chi connectivity index (χ0v) is 12.2. The van der Waals surface area contributed by atoms with E-state index in [1.807, 2.05) is 13.8 Å². The summed E-state index contributed by atoms with van der Waals surface area (Å²) in [5, 5.41) is 14.4. The second-order valence-corrected chi connectivity index (χ2v) is 5.38. The highest BCUT2D eigenvalue weighted by Gasteiger charge is 2.17. The fraction of sp³-hybridized carbons (Fsp3) is 0.533. The summed E-state index contributed by atoms with van der Waals surface area (Å²) in [4.78, 5) is 11.8. The van der Waals surface area contributed by atoms with Crippen molar-refractivity contribution in [2.24, 2.45) is 5.92 Å². The minimum absolute atomic E-state index is 0.0497. The van der Waals surface area contributed by atoms with Crippen molar-refractivity contribution in [2.45, 2.75) is 39.3 Å². The monoisotopic (exact) mass is 282 g/mol. The normalized spacial score (nSPS) is 13.9. The zero-order valence-electron chi connectivity index (χ0n) is 12.2. The van der Waals surface area contributed by atoms with Crippen LogP contribution in [0.2, 0.25) is 0 Å². The molecule has 0 unspecified atom stereocenters. The first-order valence-electron chi connectivity index (χ1n) is 6.84. The van der Waals surface area contributed by atoms with Gasteiger partial charge in [0.25, 0.3) is 0 Å². The van der Waals surface area contributed by atoms with E-state index >= 15 is 0 Å². The summed E-state index contributed by atoms with van der Waals surface area (Å²) in [6.45, 7) is 5.66. The number of hydrogen-bond acceptors (Lipinski definition) is 2. The number of urea groups is 1. The van der Waals surface area contributed by atoms with Crippen molar-refractivity contribution in [3.8, 4) is 0 Å². The second kappa shape index (κ2) is 7.85. The van der Waals surface area contributed by atoms with Gasteiger partial charge in [-0.15, -0.1) is 0 Å². The summed E-state index contributed by atoms with van der Waals surface area (Å²) in [5.74, 6) is -0.0208. The Bertz CT molecular complexity index is 420. The van der Waals surface area contributed by atoms with Gasteiger partial charge in [-0.2, -0.15) is 0 Å². The van der Waals surface area contributed by atoms with Gasteiger partial charge in [0, 0.05) is 6.04 Å².